The highest BCUT2D eigenvalue weighted by Gasteiger charge is 2.39. The second-order valence-corrected chi connectivity index (χ2v) is 9.52. The fourth-order valence-corrected chi connectivity index (χ4v) is 5.13. The van der Waals surface area contributed by atoms with Crippen molar-refractivity contribution in [2.45, 2.75) is 30.1 Å². The van der Waals surface area contributed by atoms with Gasteiger partial charge in [-0.25, -0.2) is 23.4 Å². The van der Waals surface area contributed by atoms with Gasteiger partial charge < -0.3 is 5.11 Å². The number of nitrogens with zero attached hydrogens (tertiary/aromatic N) is 5. The molecule has 0 aliphatic rings. The third-order valence-corrected chi connectivity index (χ3v) is 7.07. The van der Waals surface area contributed by atoms with Crippen LogP contribution >= 0.6 is 34.7 Å². The van der Waals surface area contributed by atoms with Gasteiger partial charge in [0.25, 0.3) is 0 Å². The topological polar surface area (TPSA) is 68.2 Å². The Morgan fingerprint density at radius 1 is 1.34 bits per heavy atom. The van der Waals surface area contributed by atoms with Gasteiger partial charge in [-0.2, -0.15) is 5.10 Å². The summed E-state index contributed by atoms with van der Waals surface area (Å²) in [6.07, 6.45) is 6.42. The number of thioether (sulfide) groups is 1. The molecule has 0 saturated heterocycles. The molecule has 4 aromatic rings. The predicted octanol–water partition coefficient (Wildman–Crippen LogP) is 4.13. The van der Waals surface area contributed by atoms with E-state index < -0.39 is 22.5 Å². The van der Waals surface area contributed by atoms with E-state index in [-0.39, 0.29) is 12.1 Å². The molecule has 0 amide bonds. The number of benzene rings is 1. The molecule has 0 bridgehead atoms. The molecule has 11 heteroatoms. The first-order valence-corrected chi connectivity index (χ1v) is 10.8. The molecule has 6 nitrogen and oxygen atoms in total. The molecule has 0 aliphatic heterocycles. The van der Waals surface area contributed by atoms with E-state index in [0.717, 1.165) is 22.8 Å². The van der Waals surface area contributed by atoms with Crippen LogP contribution in [-0.2, 0) is 17.9 Å². The average molecular weight is 456 g/mol. The Balaban J connectivity index is 1.59. The molecule has 2 atom stereocenters. The maximum Gasteiger partial charge on any atom is 0.195 e. The summed E-state index contributed by atoms with van der Waals surface area (Å²) in [7, 11) is 0. The third kappa shape index (κ3) is 4.16. The maximum absolute atomic E-state index is 14.6. The van der Waals surface area contributed by atoms with E-state index in [1.54, 1.807) is 13.1 Å². The number of hydrogen-bond donors (Lipinski definition) is 1. The SMILES string of the molecule is C[C@@H](SCc1cn2cc(Cl)sc2n1)[C@](O)(Cn1cncn1)c1ccc(F)cc1F. The summed E-state index contributed by atoms with van der Waals surface area (Å²) in [5.74, 6) is -1.01. The lowest BCUT2D eigenvalue weighted by Gasteiger charge is -2.34. The Bertz CT molecular complexity index is 1100. The second kappa shape index (κ2) is 8.02. The van der Waals surface area contributed by atoms with Gasteiger partial charge in [0.05, 0.1) is 12.2 Å². The van der Waals surface area contributed by atoms with Crippen molar-refractivity contribution >= 4 is 39.7 Å². The van der Waals surface area contributed by atoms with Crippen molar-refractivity contribution in [1.82, 2.24) is 24.1 Å². The molecular formula is C18H16ClF2N5OS2. The summed E-state index contributed by atoms with van der Waals surface area (Å²) in [6, 6.07) is 3.18. The molecule has 0 radical (unpaired) electrons. The van der Waals surface area contributed by atoms with Gasteiger partial charge in [-0.1, -0.05) is 35.9 Å². The molecule has 4 rings (SSSR count). The molecule has 152 valence electrons. The number of rotatable bonds is 7. The number of imidazole rings is 1. The normalized spacial score (nSPS) is 14.9. The van der Waals surface area contributed by atoms with Crippen LogP contribution in [-0.4, -0.2) is 34.5 Å². The first-order valence-electron chi connectivity index (χ1n) is 8.60. The van der Waals surface area contributed by atoms with Crippen molar-refractivity contribution in [3.8, 4) is 0 Å². The van der Waals surface area contributed by atoms with Crippen LogP contribution in [0.3, 0.4) is 0 Å². The van der Waals surface area contributed by atoms with Crippen molar-refractivity contribution in [3.05, 3.63) is 70.5 Å². The standard InChI is InChI=1S/C18H16ClF2N5OS2/c1-11(28-7-13-5-25-6-16(19)29-17(25)24-13)18(27,8-26-10-22-9-23-26)14-3-2-12(20)4-15(14)21/h2-6,9-11,27H,7-8H2,1H3/t11-,18-/m1/s1. The van der Waals surface area contributed by atoms with Crippen molar-refractivity contribution in [1.29, 1.82) is 0 Å². The molecule has 3 aromatic heterocycles. The van der Waals surface area contributed by atoms with Crippen LogP contribution in [0.25, 0.3) is 4.96 Å². The molecule has 0 saturated carbocycles. The molecule has 29 heavy (non-hydrogen) atoms. The van der Waals surface area contributed by atoms with E-state index in [1.165, 1.54) is 46.5 Å². The van der Waals surface area contributed by atoms with Crippen molar-refractivity contribution in [3.63, 3.8) is 0 Å². The quantitative estimate of drug-likeness (QED) is 0.454. The molecular weight excluding hydrogens is 440 g/mol. The van der Waals surface area contributed by atoms with E-state index in [1.807, 2.05) is 10.6 Å². The van der Waals surface area contributed by atoms with Crippen LogP contribution in [0.4, 0.5) is 8.78 Å². The van der Waals surface area contributed by atoms with Gasteiger partial charge in [0.1, 0.15) is 34.2 Å². The van der Waals surface area contributed by atoms with Gasteiger partial charge in [0.2, 0.25) is 0 Å². The summed E-state index contributed by atoms with van der Waals surface area (Å²) in [6.45, 7) is 1.76. The van der Waals surface area contributed by atoms with Gasteiger partial charge in [-0.15, -0.1) is 11.8 Å². The highest BCUT2D eigenvalue weighted by molar-refractivity contribution is 7.99. The summed E-state index contributed by atoms with van der Waals surface area (Å²) in [5.41, 5.74) is -0.823. The summed E-state index contributed by atoms with van der Waals surface area (Å²) >= 11 is 8.75. The van der Waals surface area contributed by atoms with Gasteiger partial charge >= 0.3 is 0 Å². The molecule has 3 heterocycles. The number of thiazole rings is 1. The van der Waals surface area contributed by atoms with E-state index in [2.05, 4.69) is 15.1 Å². The number of fused-ring (bicyclic) bond motifs is 1. The van der Waals surface area contributed by atoms with Gasteiger partial charge in [-0.05, 0) is 6.07 Å². The molecule has 0 fully saturated rings. The molecule has 1 N–H and O–H groups in total. The lowest BCUT2D eigenvalue weighted by molar-refractivity contribution is 0.0133. The largest absolute Gasteiger partial charge is 0.382 e. The van der Waals surface area contributed by atoms with Crippen molar-refractivity contribution < 1.29 is 13.9 Å². The minimum Gasteiger partial charge on any atom is -0.382 e. The number of hydrogen-bond acceptors (Lipinski definition) is 6. The first kappa shape index (κ1) is 20.3. The minimum absolute atomic E-state index is 0.00649. The zero-order valence-electron chi connectivity index (χ0n) is 15.2. The van der Waals surface area contributed by atoms with E-state index in [4.69, 9.17) is 11.6 Å². The van der Waals surface area contributed by atoms with Crippen LogP contribution < -0.4 is 0 Å². The van der Waals surface area contributed by atoms with Crippen molar-refractivity contribution in [2.24, 2.45) is 0 Å². The van der Waals surface area contributed by atoms with Gasteiger partial charge in [-0.3, -0.25) is 4.40 Å². The van der Waals surface area contributed by atoms with Gasteiger partial charge in [0, 0.05) is 35.0 Å². The van der Waals surface area contributed by atoms with Crippen molar-refractivity contribution in [2.75, 3.05) is 0 Å². The number of halogens is 3. The monoisotopic (exact) mass is 455 g/mol. The first-order chi connectivity index (χ1) is 13.8. The molecule has 0 aliphatic carbocycles. The lowest BCUT2D eigenvalue weighted by Crippen LogP contribution is -2.41. The van der Waals surface area contributed by atoms with E-state index in [9.17, 15) is 13.9 Å². The third-order valence-electron chi connectivity index (χ3n) is 4.60. The molecule has 0 unspecified atom stereocenters. The Morgan fingerprint density at radius 2 is 2.17 bits per heavy atom. The van der Waals surface area contributed by atoms with Crippen LogP contribution in [0.2, 0.25) is 4.34 Å². The Morgan fingerprint density at radius 3 is 2.86 bits per heavy atom. The highest BCUT2D eigenvalue weighted by Crippen LogP contribution is 2.37. The number of aliphatic hydroxyl groups is 1. The van der Waals surface area contributed by atoms with Crippen LogP contribution in [0.5, 0.6) is 0 Å². The fourth-order valence-electron chi connectivity index (χ4n) is 3.07. The highest BCUT2D eigenvalue weighted by atomic mass is 35.5. The summed E-state index contributed by atoms with van der Waals surface area (Å²) in [5, 5.41) is 15.1. The molecule has 0 spiro atoms. The van der Waals surface area contributed by atoms with E-state index in [0.29, 0.717) is 10.1 Å². The van der Waals surface area contributed by atoms with Crippen LogP contribution in [0.15, 0.2) is 43.2 Å². The average Bonchev–Trinajstić information content (AvgIpc) is 3.36. The Hall–Kier alpha value is -2.01. The fraction of sp³-hybridized carbons (Fsp3) is 0.278. The predicted molar refractivity (Wildman–Crippen MR) is 109 cm³/mol. The Labute approximate surface area is 178 Å². The zero-order valence-corrected chi connectivity index (χ0v) is 17.6. The van der Waals surface area contributed by atoms with E-state index >= 15 is 0 Å². The summed E-state index contributed by atoms with van der Waals surface area (Å²) in [4.78, 5) is 9.16. The summed E-state index contributed by atoms with van der Waals surface area (Å²) < 4.78 is 31.9. The maximum atomic E-state index is 14.6. The zero-order chi connectivity index (χ0) is 20.6. The van der Waals surface area contributed by atoms with Crippen LogP contribution in [0, 0.1) is 11.6 Å². The van der Waals surface area contributed by atoms with Crippen LogP contribution in [0.1, 0.15) is 18.2 Å². The van der Waals surface area contributed by atoms with Gasteiger partial charge in [0.15, 0.2) is 4.96 Å². The lowest BCUT2D eigenvalue weighted by atomic mass is 9.90. The minimum atomic E-state index is -1.64. The number of aromatic nitrogens is 5. The molecule has 1 aromatic carbocycles. The second-order valence-electron chi connectivity index (χ2n) is 6.55. The smallest absolute Gasteiger partial charge is 0.195 e. The Kier molecular flexibility index (Phi) is 5.60.